The summed E-state index contributed by atoms with van der Waals surface area (Å²) >= 11 is 5.12. The summed E-state index contributed by atoms with van der Waals surface area (Å²) in [6, 6.07) is 0. The molecule has 0 bridgehead atoms. The third-order valence-corrected chi connectivity index (χ3v) is 4.73. The molecule has 4 heteroatoms. The Morgan fingerprint density at radius 3 is 2.18 bits per heavy atom. The first-order valence-corrected chi connectivity index (χ1v) is 6.93. The van der Waals surface area contributed by atoms with Gasteiger partial charge in [-0.1, -0.05) is 38.9 Å². The van der Waals surface area contributed by atoms with Gasteiger partial charge in [0.2, 0.25) is 5.91 Å². The van der Waals surface area contributed by atoms with Gasteiger partial charge in [-0.05, 0) is 32.6 Å². The van der Waals surface area contributed by atoms with Gasteiger partial charge in [-0.25, -0.2) is 0 Å². The number of hydrogen-bond donors (Lipinski definition) is 2. The summed E-state index contributed by atoms with van der Waals surface area (Å²) in [4.78, 5) is 12.8. The van der Waals surface area contributed by atoms with Crippen molar-refractivity contribution in [1.82, 2.24) is 5.32 Å². The molecule has 98 valence electrons. The number of rotatable bonds is 5. The van der Waals surface area contributed by atoms with E-state index in [-0.39, 0.29) is 11.4 Å². The van der Waals surface area contributed by atoms with Crippen molar-refractivity contribution in [2.24, 2.45) is 11.1 Å². The van der Waals surface area contributed by atoms with E-state index in [0.717, 1.165) is 38.5 Å². The van der Waals surface area contributed by atoms with Crippen LogP contribution >= 0.6 is 12.2 Å². The number of hydrogen-bond acceptors (Lipinski definition) is 2. The number of amides is 1. The Bertz CT molecular complexity index is 305. The monoisotopic (exact) mass is 256 g/mol. The summed E-state index contributed by atoms with van der Waals surface area (Å²) < 4.78 is 0. The van der Waals surface area contributed by atoms with Crippen molar-refractivity contribution < 1.29 is 4.79 Å². The lowest BCUT2D eigenvalue weighted by Gasteiger charge is -2.34. The average molecular weight is 256 g/mol. The van der Waals surface area contributed by atoms with Gasteiger partial charge in [0.25, 0.3) is 0 Å². The van der Waals surface area contributed by atoms with E-state index in [4.69, 9.17) is 18.0 Å². The second kappa shape index (κ2) is 5.34. The third-order valence-electron chi connectivity index (χ3n) is 4.34. The van der Waals surface area contributed by atoms with Crippen LogP contribution in [0.5, 0.6) is 0 Å². The number of thiocarbonyl (C=S) groups is 1. The molecule has 1 rings (SSSR count). The molecule has 0 atom stereocenters. The fourth-order valence-electron chi connectivity index (χ4n) is 2.38. The molecule has 0 saturated heterocycles. The lowest BCUT2D eigenvalue weighted by Crippen LogP contribution is -2.54. The second-order valence-corrected chi connectivity index (χ2v) is 5.82. The molecule has 1 fully saturated rings. The Morgan fingerprint density at radius 1 is 1.35 bits per heavy atom. The second-order valence-electron chi connectivity index (χ2n) is 5.38. The first-order chi connectivity index (χ1) is 7.90. The number of nitrogens with one attached hydrogen (secondary N) is 1. The van der Waals surface area contributed by atoms with Crippen molar-refractivity contribution in [3.63, 3.8) is 0 Å². The minimum Gasteiger partial charge on any atom is -0.392 e. The predicted octanol–water partition coefficient (Wildman–Crippen LogP) is 2.53. The fourth-order valence-corrected chi connectivity index (χ4v) is 2.68. The highest BCUT2D eigenvalue weighted by Crippen LogP contribution is 2.39. The molecule has 1 aliphatic rings. The molecule has 1 aliphatic carbocycles. The largest absolute Gasteiger partial charge is 0.392 e. The molecule has 0 aromatic rings. The molecular formula is C13H24N2OS. The Balaban J connectivity index is 2.84. The van der Waals surface area contributed by atoms with E-state index in [1.807, 2.05) is 0 Å². The average Bonchev–Trinajstić information content (AvgIpc) is 2.79. The molecule has 0 heterocycles. The maximum Gasteiger partial charge on any atom is 0.233 e. The van der Waals surface area contributed by atoms with Crippen LogP contribution in [0.4, 0.5) is 0 Å². The van der Waals surface area contributed by atoms with E-state index in [0.29, 0.717) is 4.99 Å². The molecule has 0 aromatic heterocycles. The molecule has 0 aliphatic heterocycles. The molecule has 0 aromatic carbocycles. The Hall–Kier alpha value is -0.640. The van der Waals surface area contributed by atoms with Gasteiger partial charge in [-0.15, -0.1) is 0 Å². The first-order valence-electron chi connectivity index (χ1n) is 6.53. The lowest BCUT2D eigenvalue weighted by molar-refractivity contribution is -0.129. The van der Waals surface area contributed by atoms with Gasteiger partial charge in [0, 0.05) is 5.54 Å². The normalized spacial score (nSPS) is 19.0. The zero-order chi connectivity index (χ0) is 13.1. The van der Waals surface area contributed by atoms with Crippen molar-refractivity contribution in [1.29, 1.82) is 0 Å². The summed E-state index contributed by atoms with van der Waals surface area (Å²) in [5.74, 6) is 0.0358. The molecule has 3 N–H and O–H groups in total. The quantitative estimate of drug-likeness (QED) is 0.743. The number of carbonyl (C=O) groups is 1. The van der Waals surface area contributed by atoms with Crippen LogP contribution in [0, 0.1) is 5.41 Å². The van der Waals surface area contributed by atoms with Crippen LogP contribution in [0.25, 0.3) is 0 Å². The highest BCUT2D eigenvalue weighted by molar-refractivity contribution is 7.80. The third kappa shape index (κ3) is 2.79. The zero-order valence-corrected chi connectivity index (χ0v) is 12.0. The van der Waals surface area contributed by atoms with E-state index in [1.165, 1.54) is 0 Å². The van der Waals surface area contributed by atoms with Crippen molar-refractivity contribution in [2.75, 3.05) is 0 Å². The topological polar surface area (TPSA) is 55.1 Å². The van der Waals surface area contributed by atoms with Crippen molar-refractivity contribution in [2.45, 2.75) is 64.8 Å². The summed E-state index contributed by atoms with van der Waals surface area (Å²) in [5.41, 5.74) is 5.08. The van der Waals surface area contributed by atoms with E-state index >= 15 is 0 Å². The molecule has 1 amide bonds. The lowest BCUT2D eigenvalue weighted by atomic mass is 9.83. The van der Waals surface area contributed by atoms with Crippen LogP contribution in [-0.2, 0) is 4.79 Å². The molecule has 0 radical (unpaired) electrons. The summed E-state index contributed by atoms with van der Waals surface area (Å²) in [5, 5.41) is 3.15. The van der Waals surface area contributed by atoms with Crippen LogP contribution < -0.4 is 11.1 Å². The molecule has 1 saturated carbocycles. The van der Waals surface area contributed by atoms with Crippen molar-refractivity contribution >= 4 is 23.1 Å². The van der Waals surface area contributed by atoms with Crippen LogP contribution in [0.15, 0.2) is 0 Å². The summed E-state index contributed by atoms with van der Waals surface area (Å²) in [7, 11) is 0. The minimum atomic E-state index is -0.582. The van der Waals surface area contributed by atoms with Gasteiger partial charge in [0.05, 0.1) is 10.4 Å². The van der Waals surface area contributed by atoms with Gasteiger partial charge in [0.15, 0.2) is 0 Å². The van der Waals surface area contributed by atoms with E-state index in [9.17, 15) is 4.79 Å². The van der Waals surface area contributed by atoms with Crippen LogP contribution in [0.1, 0.15) is 59.3 Å². The zero-order valence-electron chi connectivity index (χ0n) is 11.1. The molecule has 17 heavy (non-hydrogen) atoms. The Morgan fingerprint density at radius 2 is 1.82 bits per heavy atom. The van der Waals surface area contributed by atoms with Gasteiger partial charge in [0.1, 0.15) is 0 Å². The highest BCUT2D eigenvalue weighted by Gasteiger charge is 2.45. The van der Waals surface area contributed by atoms with E-state index in [2.05, 4.69) is 26.1 Å². The van der Waals surface area contributed by atoms with E-state index in [1.54, 1.807) is 0 Å². The maximum absolute atomic E-state index is 12.5. The van der Waals surface area contributed by atoms with E-state index < -0.39 is 5.41 Å². The van der Waals surface area contributed by atoms with Crippen LogP contribution in [0.2, 0.25) is 0 Å². The minimum absolute atomic E-state index is 0.0358. The van der Waals surface area contributed by atoms with Crippen molar-refractivity contribution in [3.05, 3.63) is 0 Å². The molecule has 0 spiro atoms. The maximum atomic E-state index is 12.5. The predicted molar refractivity (Wildman–Crippen MR) is 74.8 cm³/mol. The summed E-state index contributed by atoms with van der Waals surface area (Å²) in [6.07, 6.45) is 5.53. The fraction of sp³-hybridized carbons (Fsp3) is 0.846. The smallest absolute Gasteiger partial charge is 0.233 e. The van der Waals surface area contributed by atoms with Gasteiger partial charge >= 0.3 is 0 Å². The molecule has 0 unspecified atom stereocenters. The molecule has 3 nitrogen and oxygen atoms in total. The highest BCUT2D eigenvalue weighted by atomic mass is 32.1. The van der Waals surface area contributed by atoms with Crippen LogP contribution in [0.3, 0.4) is 0 Å². The van der Waals surface area contributed by atoms with Gasteiger partial charge in [-0.2, -0.15) is 0 Å². The Labute approximate surface area is 110 Å². The number of nitrogens with two attached hydrogens (primary N) is 1. The standard InChI is InChI=1S/C13H24N2OS/c1-4-12(3,5-2)15-11(16)13(10(14)17)8-6-7-9-13/h4-9H2,1-3H3,(H2,14,17)(H,15,16). The Kier molecular flexibility index (Phi) is 4.53. The summed E-state index contributed by atoms with van der Waals surface area (Å²) in [6.45, 7) is 6.25. The SMILES string of the molecule is CCC(C)(CC)NC(=O)C1(C(N)=S)CCCC1. The number of carbonyl (C=O) groups excluding carboxylic acids is 1. The van der Waals surface area contributed by atoms with Gasteiger partial charge < -0.3 is 11.1 Å². The van der Waals surface area contributed by atoms with Crippen molar-refractivity contribution in [3.8, 4) is 0 Å². The van der Waals surface area contributed by atoms with Gasteiger partial charge in [-0.3, -0.25) is 4.79 Å². The van der Waals surface area contributed by atoms with Crippen LogP contribution in [-0.4, -0.2) is 16.4 Å². The first kappa shape index (κ1) is 14.4. The molecular weight excluding hydrogens is 232 g/mol.